The fourth-order valence-corrected chi connectivity index (χ4v) is 2.23. The van der Waals surface area contributed by atoms with E-state index in [-0.39, 0.29) is 0 Å². The zero-order valence-electron chi connectivity index (χ0n) is 8.76. The molecule has 0 heterocycles. The number of aliphatic hydroxyl groups is 1. The van der Waals surface area contributed by atoms with Crippen molar-refractivity contribution in [1.29, 1.82) is 0 Å². The molecular formula is C11H23NO. The number of hydrogen-bond acceptors (Lipinski definition) is 2. The number of hydrogen-bond donors (Lipinski definition) is 2. The summed E-state index contributed by atoms with van der Waals surface area (Å²) in [5, 5.41) is 12.2. The molecule has 0 saturated heterocycles. The van der Waals surface area contributed by atoms with Gasteiger partial charge >= 0.3 is 0 Å². The standard InChI is InChI=1S/C11H23NO/c1-2-10-5-3-6-11(9-10)12-7-4-8-13/h10-13H,2-9H2,1H3. The molecule has 0 amide bonds. The van der Waals surface area contributed by atoms with E-state index < -0.39 is 0 Å². The topological polar surface area (TPSA) is 32.3 Å². The first kappa shape index (κ1) is 11.0. The van der Waals surface area contributed by atoms with Crippen molar-refractivity contribution in [2.75, 3.05) is 13.2 Å². The van der Waals surface area contributed by atoms with Gasteiger partial charge in [0.05, 0.1) is 0 Å². The molecule has 78 valence electrons. The first-order chi connectivity index (χ1) is 6.36. The van der Waals surface area contributed by atoms with Crippen molar-refractivity contribution in [2.24, 2.45) is 5.92 Å². The summed E-state index contributed by atoms with van der Waals surface area (Å²) >= 11 is 0. The van der Waals surface area contributed by atoms with Crippen molar-refractivity contribution in [3.05, 3.63) is 0 Å². The summed E-state index contributed by atoms with van der Waals surface area (Å²) < 4.78 is 0. The highest BCUT2D eigenvalue weighted by molar-refractivity contribution is 4.76. The van der Waals surface area contributed by atoms with Crippen LogP contribution in [0.25, 0.3) is 0 Å². The lowest BCUT2D eigenvalue weighted by atomic mass is 9.84. The summed E-state index contributed by atoms with van der Waals surface area (Å²) in [5.74, 6) is 0.945. The molecule has 0 aromatic heterocycles. The Morgan fingerprint density at radius 1 is 1.38 bits per heavy atom. The van der Waals surface area contributed by atoms with E-state index >= 15 is 0 Å². The second-order valence-electron chi connectivity index (χ2n) is 4.17. The fourth-order valence-electron chi connectivity index (χ4n) is 2.23. The summed E-state index contributed by atoms with van der Waals surface area (Å²) in [4.78, 5) is 0. The van der Waals surface area contributed by atoms with Crippen LogP contribution >= 0.6 is 0 Å². The molecule has 1 rings (SSSR count). The van der Waals surface area contributed by atoms with Gasteiger partial charge in [-0.1, -0.05) is 26.2 Å². The molecular weight excluding hydrogens is 162 g/mol. The molecule has 0 spiro atoms. The molecule has 2 N–H and O–H groups in total. The molecule has 2 atom stereocenters. The van der Waals surface area contributed by atoms with E-state index in [1.165, 1.54) is 32.1 Å². The lowest BCUT2D eigenvalue weighted by Crippen LogP contribution is -2.34. The third-order valence-corrected chi connectivity index (χ3v) is 3.13. The van der Waals surface area contributed by atoms with Crippen LogP contribution in [0, 0.1) is 5.92 Å². The summed E-state index contributed by atoms with van der Waals surface area (Å²) in [6, 6.07) is 0.727. The van der Waals surface area contributed by atoms with Gasteiger partial charge in [0.1, 0.15) is 0 Å². The van der Waals surface area contributed by atoms with Gasteiger partial charge in [-0.3, -0.25) is 0 Å². The monoisotopic (exact) mass is 185 g/mol. The molecule has 1 saturated carbocycles. The second-order valence-corrected chi connectivity index (χ2v) is 4.17. The Morgan fingerprint density at radius 3 is 2.92 bits per heavy atom. The second kappa shape index (κ2) is 6.39. The van der Waals surface area contributed by atoms with Crippen LogP contribution in [0.5, 0.6) is 0 Å². The highest BCUT2D eigenvalue weighted by Crippen LogP contribution is 2.26. The Balaban J connectivity index is 2.11. The number of rotatable bonds is 5. The Hall–Kier alpha value is -0.0800. The highest BCUT2D eigenvalue weighted by Gasteiger charge is 2.19. The Labute approximate surface area is 81.7 Å². The minimum Gasteiger partial charge on any atom is -0.396 e. The highest BCUT2D eigenvalue weighted by atomic mass is 16.3. The average molecular weight is 185 g/mol. The van der Waals surface area contributed by atoms with E-state index in [4.69, 9.17) is 5.11 Å². The van der Waals surface area contributed by atoms with E-state index in [9.17, 15) is 0 Å². The lowest BCUT2D eigenvalue weighted by Gasteiger charge is -2.29. The molecule has 2 nitrogen and oxygen atoms in total. The maximum atomic E-state index is 8.65. The van der Waals surface area contributed by atoms with Crippen LogP contribution in [-0.2, 0) is 0 Å². The van der Waals surface area contributed by atoms with Gasteiger partial charge in [0, 0.05) is 12.6 Å². The first-order valence-corrected chi connectivity index (χ1v) is 5.71. The van der Waals surface area contributed by atoms with Crippen molar-refractivity contribution >= 4 is 0 Å². The summed E-state index contributed by atoms with van der Waals surface area (Å²) in [5.41, 5.74) is 0. The molecule has 2 heteroatoms. The van der Waals surface area contributed by atoms with Crippen LogP contribution < -0.4 is 5.32 Å². The predicted octanol–water partition coefficient (Wildman–Crippen LogP) is 1.93. The molecule has 2 unspecified atom stereocenters. The van der Waals surface area contributed by atoms with Crippen molar-refractivity contribution in [1.82, 2.24) is 5.32 Å². The van der Waals surface area contributed by atoms with Gasteiger partial charge in [0.2, 0.25) is 0 Å². The summed E-state index contributed by atoms with van der Waals surface area (Å²) in [7, 11) is 0. The smallest absolute Gasteiger partial charge is 0.0443 e. The zero-order chi connectivity index (χ0) is 9.52. The Kier molecular flexibility index (Phi) is 5.40. The quantitative estimate of drug-likeness (QED) is 0.641. The number of aliphatic hydroxyl groups excluding tert-OH is 1. The third kappa shape index (κ3) is 4.10. The zero-order valence-corrected chi connectivity index (χ0v) is 8.76. The third-order valence-electron chi connectivity index (χ3n) is 3.13. The molecule has 0 aromatic carbocycles. The first-order valence-electron chi connectivity index (χ1n) is 5.71. The van der Waals surface area contributed by atoms with Crippen molar-refractivity contribution in [3.63, 3.8) is 0 Å². The molecule has 0 aliphatic heterocycles. The van der Waals surface area contributed by atoms with Crippen LogP contribution in [0.15, 0.2) is 0 Å². The molecule has 1 aliphatic carbocycles. The van der Waals surface area contributed by atoms with Gasteiger partial charge in [-0.15, -0.1) is 0 Å². The fraction of sp³-hybridized carbons (Fsp3) is 1.00. The largest absolute Gasteiger partial charge is 0.396 e. The van der Waals surface area contributed by atoms with Gasteiger partial charge < -0.3 is 10.4 Å². The summed E-state index contributed by atoms with van der Waals surface area (Å²) in [6.07, 6.45) is 7.72. The Bertz CT molecular complexity index is 127. The Morgan fingerprint density at radius 2 is 2.23 bits per heavy atom. The van der Waals surface area contributed by atoms with E-state index in [1.54, 1.807) is 0 Å². The normalized spacial score (nSPS) is 29.1. The SMILES string of the molecule is CCC1CCCC(NCCCO)C1. The molecule has 1 aliphatic rings. The molecule has 0 radical (unpaired) electrons. The van der Waals surface area contributed by atoms with Gasteiger partial charge in [0.15, 0.2) is 0 Å². The van der Waals surface area contributed by atoms with Crippen molar-refractivity contribution in [3.8, 4) is 0 Å². The van der Waals surface area contributed by atoms with E-state index in [0.29, 0.717) is 6.61 Å². The minimum absolute atomic E-state index is 0.316. The molecule has 0 aromatic rings. The molecule has 13 heavy (non-hydrogen) atoms. The van der Waals surface area contributed by atoms with Crippen LogP contribution in [0.3, 0.4) is 0 Å². The predicted molar refractivity (Wildman–Crippen MR) is 55.7 cm³/mol. The van der Waals surface area contributed by atoms with E-state index in [0.717, 1.165) is 24.9 Å². The molecule has 0 bridgehead atoms. The van der Waals surface area contributed by atoms with Crippen LogP contribution in [0.2, 0.25) is 0 Å². The maximum Gasteiger partial charge on any atom is 0.0443 e. The summed E-state index contributed by atoms with van der Waals surface area (Å²) in [6.45, 7) is 3.59. The lowest BCUT2D eigenvalue weighted by molar-refractivity contribution is 0.257. The van der Waals surface area contributed by atoms with Gasteiger partial charge in [-0.05, 0) is 31.7 Å². The average Bonchev–Trinajstić information content (AvgIpc) is 2.19. The van der Waals surface area contributed by atoms with E-state index in [1.807, 2.05) is 0 Å². The van der Waals surface area contributed by atoms with Gasteiger partial charge in [-0.2, -0.15) is 0 Å². The van der Waals surface area contributed by atoms with Crippen LogP contribution in [-0.4, -0.2) is 24.3 Å². The maximum absolute atomic E-state index is 8.65. The van der Waals surface area contributed by atoms with Crippen molar-refractivity contribution in [2.45, 2.75) is 51.5 Å². The van der Waals surface area contributed by atoms with Crippen LogP contribution in [0.1, 0.15) is 45.4 Å². The van der Waals surface area contributed by atoms with Gasteiger partial charge in [-0.25, -0.2) is 0 Å². The van der Waals surface area contributed by atoms with Crippen LogP contribution in [0.4, 0.5) is 0 Å². The number of nitrogens with one attached hydrogen (secondary N) is 1. The van der Waals surface area contributed by atoms with Gasteiger partial charge in [0.25, 0.3) is 0 Å². The minimum atomic E-state index is 0.316. The molecule has 1 fully saturated rings. The van der Waals surface area contributed by atoms with Crippen molar-refractivity contribution < 1.29 is 5.11 Å². The van der Waals surface area contributed by atoms with E-state index in [2.05, 4.69) is 12.2 Å².